The average molecular weight is 265 g/mol. The van der Waals surface area contributed by atoms with Gasteiger partial charge in [0.05, 0.1) is 12.0 Å². The third kappa shape index (κ3) is 2.07. The Labute approximate surface area is 117 Å². The van der Waals surface area contributed by atoms with Crippen molar-refractivity contribution in [2.75, 3.05) is 11.4 Å². The Balaban J connectivity index is 1.95. The maximum atomic E-state index is 12.4. The molecule has 0 saturated carbocycles. The Morgan fingerprint density at radius 2 is 2.05 bits per heavy atom. The summed E-state index contributed by atoms with van der Waals surface area (Å²) in [6.45, 7) is 2.66. The van der Waals surface area contributed by atoms with Crippen molar-refractivity contribution in [3.8, 4) is 0 Å². The summed E-state index contributed by atoms with van der Waals surface area (Å²) in [6.07, 6.45) is 7.17. The van der Waals surface area contributed by atoms with E-state index < -0.39 is 0 Å². The topological polar surface area (TPSA) is 33.5 Å². The number of furan rings is 1. The molecular weight excluding hydrogens is 250 g/mol. The maximum Gasteiger partial charge on any atom is 0.258 e. The van der Waals surface area contributed by atoms with E-state index in [4.69, 9.17) is 4.42 Å². The van der Waals surface area contributed by atoms with Crippen LogP contribution in [0.1, 0.15) is 18.2 Å². The Bertz CT molecular complexity index is 681. The molecule has 3 heteroatoms. The fourth-order valence-electron chi connectivity index (χ4n) is 2.41. The van der Waals surface area contributed by atoms with Gasteiger partial charge in [-0.2, -0.15) is 0 Å². The second-order valence-electron chi connectivity index (χ2n) is 4.52. The fourth-order valence-corrected chi connectivity index (χ4v) is 2.41. The number of para-hydroxylation sites is 1. The summed E-state index contributed by atoms with van der Waals surface area (Å²) in [5.41, 5.74) is 2.70. The molecule has 1 aromatic carbocycles. The molecule has 1 aliphatic rings. The number of anilines is 1. The van der Waals surface area contributed by atoms with E-state index in [0.29, 0.717) is 6.54 Å². The summed E-state index contributed by atoms with van der Waals surface area (Å²) in [5, 5.41) is 0. The number of fused-ring (bicyclic) bond motifs is 1. The third-order valence-corrected chi connectivity index (χ3v) is 3.34. The first-order chi connectivity index (χ1) is 9.81. The summed E-state index contributed by atoms with van der Waals surface area (Å²) in [4.78, 5) is 14.2. The van der Waals surface area contributed by atoms with Crippen molar-refractivity contribution < 1.29 is 9.21 Å². The van der Waals surface area contributed by atoms with E-state index in [9.17, 15) is 4.79 Å². The van der Waals surface area contributed by atoms with Crippen LogP contribution in [0.15, 0.2) is 59.2 Å². The molecule has 0 bridgehead atoms. The van der Waals surface area contributed by atoms with Crippen LogP contribution in [0.2, 0.25) is 0 Å². The number of hydrogen-bond donors (Lipinski definition) is 0. The molecule has 0 fully saturated rings. The lowest BCUT2D eigenvalue weighted by Gasteiger charge is -2.13. The zero-order chi connectivity index (χ0) is 13.9. The lowest BCUT2D eigenvalue weighted by Crippen LogP contribution is -2.25. The summed E-state index contributed by atoms with van der Waals surface area (Å²) < 4.78 is 5.23. The van der Waals surface area contributed by atoms with Crippen LogP contribution >= 0.6 is 0 Å². The number of hydrogen-bond acceptors (Lipinski definition) is 2. The van der Waals surface area contributed by atoms with Crippen molar-refractivity contribution in [3.05, 3.63) is 66.1 Å². The van der Waals surface area contributed by atoms with E-state index in [-0.39, 0.29) is 5.91 Å². The van der Waals surface area contributed by atoms with Crippen LogP contribution < -0.4 is 4.90 Å². The van der Waals surface area contributed by atoms with Crippen LogP contribution in [0.5, 0.6) is 0 Å². The molecule has 1 aliphatic heterocycles. The normalized spacial score (nSPS) is 16.4. The average Bonchev–Trinajstić information content (AvgIpc) is 3.06. The number of likely N-dealkylation sites (N-methyl/N-ethyl adjacent to an activating group) is 1. The molecule has 0 saturated heterocycles. The second kappa shape index (κ2) is 5.21. The van der Waals surface area contributed by atoms with Gasteiger partial charge in [0.2, 0.25) is 0 Å². The van der Waals surface area contributed by atoms with E-state index in [1.807, 2.05) is 61.5 Å². The number of amides is 1. The molecule has 0 unspecified atom stereocenters. The highest BCUT2D eigenvalue weighted by molar-refractivity contribution is 6.32. The van der Waals surface area contributed by atoms with Crippen LogP contribution in [-0.4, -0.2) is 12.5 Å². The summed E-state index contributed by atoms with van der Waals surface area (Å²) in [6, 6.07) is 11.6. The Morgan fingerprint density at radius 3 is 2.80 bits per heavy atom. The van der Waals surface area contributed by atoms with Crippen LogP contribution in [0.25, 0.3) is 11.6 Å². The molecule has 2 aromatic rings. The largest absolute Gasteiger partial charge is 0.465 e. The van der Waals surface area contributed by atoms with Gasteiger partial charge in [-0.1, -0.05) is 24.3 Å². The number of rotatable bonds is 3. The summed E-state index contributed by atoms with van der Waals surface area (Å²) in [7, 11) is 0. The molecule has 3 rings (SSSR count). The van der Waals surface area contributed by atoms with Gasteiger partial charge in [0.1, 0.15) is 5.76 Å². The van der Waals surface area contributed by atoms with Crippen molar-refractivity contribution in [2.45, 2.75) is 6.92 Å². The van der Waals surface area contributed by atoms with Gasteiger partial charge >= 0.3 is 0 Å². The standard InChI is InChI=1S/C17H15NO2/c1-2-18-16-11-4-3-9-14(16)15(17(18)19)10-5-7-13-8-6-12-20-13/h3-12H,2H2,1H3/b7-5+,15-10-. The monoisotopic (exact) mass is 265 g/mol. The number of benzene rings is 1. The van der Waals surface area contributed by atoms with Gasteiger partial charge in [-0.3, -0.25) is 4.79 Å². The molecule has 2 heterocycles. The van der Waals surface area contributed by atoms with Crippen LogP contribution in [0.4, 0.5) is 5.69 Å². The summed E-state index contributed by atoms with van der Waals surface area (Å²) in [5.74, 6) is 0.825. The molecule has 100 valence electrons. The number of carbonyl (C=O) groups excluding carboxylic acids is 1. The van der Waals surface area contributed by atoms with Gasteiger partial charge in [-0.15, -0.1) is 0 Å². The maximum absolute atomic E-state index is 12.4. The minimum Gasteiger partial charge on any atom is -0.465 e. The van der Waals surface area contributed by atoms with Gasteiger partial charge < -0.3 is 9.32 Å². The van der Waals surface area contributed by atoms with Gasteiger partial charge in [0.15, 0.2) is 0 Å². The first kappa shape index (κ1) is 12.5. The van der Waals surface area contributed by atoms with Crippen LogP contribution in [0.3, 0.4) is 0 Å². The van der Waals surface area contributed by atoms with Gasteiger partial charge in [0, 0.05) is 17.7 Å². The van der Waals surface area contributed by atoms with Crippen molar-refractivity contribution >= 4 is 23.2 Å². The Morgan fingerprint density at radius 1 is 1.20 bits per heavy atom. The molecule has 3 nitrogen and oxygen atoms in total. The molecular formula is C17H15NO2. The first-order valence-corrected chi connectivity index (χ1v) is 6.64. The third-order valence-electron chi connectivity index (χ3n) is 3.34. The lowest BCUT2D eigenvalue weighted by molar-refractivity contribution is -0.112. The molecule has 0 aliphatic carbocycles. The predicted molar refractivity (Wildman–Crippen MR) is 80.2 cm³/mol. The number of nitrogens with zero attached hydrogens (tertiary/aromatic N) is 1. The first-order valence-electron chi connectivity index (χ1n) is 6.64. The van der Waals surface area contributed by atoms with Crippen molar-refractivity contribution in [1.82, 2.24) is 0 Å². The second-order valence-corrected chi connectivity index (χ2v) is 4.52. The van der Waals surface area contributed by atoms with E-state index in [1.165, 1.54) is 0 Å². The predicted octanol–water partition coefficient (Wildman–Crippen LogP) is 3.74. The number of carbonyl (C=O) groups is 1. The van der Waals surface area contributed by atoms with Gasteiger partial charge in [-0.05, 0) is 37.3 Å². The van der Waals surface area contributed by atoms with Crippen molar-refractivity contribution in [1.29, 1.82) is 0 Å². The zero-order valence-corrected chi connectivity index (χ0v) is 11.2. The molecule has 20 heavy (non-hydrogen) atoms. The molecule has 1 aromatic heterocycles. The highest BCUT2D eigenvalue weighted by atomic mass is 16.3. The molecule has 1 amide bonds. The molecule has 0 atom stereocenters. The van der Waals surface area contributed by atoms with Crippen LogP contribution in [-0.2, 0) is 4.79 Å². The Hall–Kier alpha value is -2.55. The fraction of sp³-hybridized carbons (Fsp3) is 0.118. The highest BCUT2D eigenvalue weighted by Gasteiger charge is 2.30. The van der Waals surface area contributed by atoms with E-state index in [1.54, 1.807) is 11.2 Å². The number of allylic oxidation sites excluding steroid dienone is 2. The SMILES string of the molecule is CCN1C(=O)/C(=C\C=C\c2ccco2)c2ccccc21. The lowest BCUT2D eigenvalue weighted by atomic mass is 10.1. The zero-order valence-electron chi connectivity index (χ0n) is 11.2. The van der Waals surface area contributed by atoms with E-state index in [0.717, 1.165) is 22.6 Å². The molecule has 0 N–H and O–H groups in total. The van der Waals surface area contributed by atoms with Gasteiger partial charge in [0.25, 0.3) is 5.91 Å². The molecule has 0 radical (unpaired) electrons. The Kier molecular flexibility index (Phi) is 3.25. The van der Waals surface area contributed by atoms with E-state index in [2.05, 4.69) is 0 Å². The van der Waals surface area contributed by atoms with E-state index >= 15 is 0 Å². The van der Waals surface area contributed by atoms with Crippen LogP contribution in [0, 0.1) is 0 Å². The highest BCUT2D eigenvalue weighted by Crippen LogP contribution is 2.36. The van der Waals surface area contributed by atoms with Crippen molar-refractivity contribution in [2.24, 2.45) is 0 Å². The van der Waals surface area contributed by atoms with Crippen molar-refractivity contribution in [3.63, 3.8) is 0 Å². The summed E-state index contributed by atoms with van der Waals surface area (Å²) >= 11 is 0. The smallest absolute Gasteiger partial charge is 0.258 e. The molecule has 0 spiro atoms. The quantitative estimate of drug-likeness (QED) is 0.792. The van der Waals surface area contributed by atoms with Gasteiger partial charge in [-0.25, -0.2) is 0 Å². The minimum atomic E-state index is 0.0535. The minimum absolute atomic E-state index is 0.0535.